The zero-order valence-electron chi connectivity index (χ0n) is 10.4. The fraction of sp³-hybridized carbons (Fsp3) is 0.385. The number of halogens is 1. The van der Waals surface area contributed by atoms with Crippen molar-refractivity contribution in [3.8, 4) is 0 Å². The molecule has 1 amide bonds. The van der Waals surface area contributed by atoms with Crippen molar-refractivity contribution in [2.75, 3.05) is 7.11 Å². The summed E-state index contributed by atoms with van der Waals surface area (Å²) in [6.45, 7) is 1.89. The van der Waals surface area contributed by atoms with Crippen molar-refractivity contribution in [3.63, 3.8) is 0 Å². The van der Waals surface area contributed by atoms with Crippen molar-refractivity contribution in [2.24, 2.45) is 0 Å². The predicted octanol–water partition coefficient (Wildman–Crippen LogP) is 2.41. The van der Waals surface area contributed by atoms with E-state index in [4.69, 9.17) is 11.6 Å². The molecule has 5 heteroatoms. The lowest BCUT2D eigenvalue weighted by Crippen LogP contribution is -2.36. The van der Waals surface area contributed by atoms with E-state index in [1.807, 2.05) is 6.92 Å². The quantitative estimate of drug-likeness (QED) is 0.835. The highest BCUT2D eigenvalue weighted by Gasteiger charge is 2.17. The van der Waals surface area contributed by atoms with Gasteiger partial charge in [-0.15, -0.1) is 0 Å². The molecule has 0 bridgehead atoms. The third kappa shape index (κ3) is 4.04. The summed E-state index contributed by atoms with van der Waals surface area (Å²) >= 11 is 5.93. The second kappa shape index (κ2) is 7.01. The molecule has 0 heterocycles. The molecule has 18 heavy (non-hydrogen) atoms. The largest absolute Gasteiger partial charge is 0.469 e. The summed E-state index contributed by atoms with van der Waals surface area (Å²) in [7, 11) is 1.32. The van der Waals surface area contributed by atoms with Gasteiger partial charge in [0.15, 0.2) is 0 Å². The van der Waals surface area contributed by atoms with E-state index in [2.05, 4.69) is 10.1 Å². The average Bonchev–Trinajstić information content (AvgIpc) is 2.38. The molecule has 0 fully saturated rings. The Hall–Kier alpha value is -1.55. The van der Waals surface area contributed by atoms with Crippen molar-refractivity contribution in [2.45, 2.75) is 25.8 Å². The number of hydrogen-bond acceptors (Lipinski definition) is 3. The Bertz CT molecular complexity index is 434. The molecule has 1 unspecified atom stereocenters. The van der Waals surface area contributed by atoms with Gasteiger partial charge in [0.25, 0.3) is 5.91 Å². The van der Waals surface area contributed by atoms with Crippen molar-refractivity contribution in [3.05, 3.63) is 34.9 Å². The van der Waals surface area contributed by atoms with E-state index in [1.54, 1.807) is 24.3 Å². The van der Waals surface area contributed by atoms with Gasteiger partial charge in [-0.2, -0.15) is 0 Å². The number of benzene rings is 1. The Morgan fingerprint density at radius 3 is 2.61 bits per heavy atom. The first kappa shape index (κ1) is 14.5. The van der Waals surface area contributed by atoms with Crippen LogP contribution in [0.25, 0.3) is 0 Å². The van der Waals surface area contributed by atoms with E-state index in [9.17, 15) is 9.59 Å². The molecule has 1 aromatic carbocycles. The van der Waals surface area contributed by atoms with Gasteiger partial charge in [0.05, 0.1) is 24.1 Å². The Morgan fingerprint density at radius 1 is 1.39 bits per heavy atom. The molecule has 0 aliphatic carbocycles. The van der Waals surface area contributed by atoms with Gasteiger partial charge >= 0.3 is 5.97 Å². The fourth-order valence-corrected chi connectivity index (χ4v) is 1.71. The zero-order chi connectivity index (χ0) is 13.5. The lowest BCUT2D eigenvalue weighted by Gasteiger charge is -2.16. The standard InChI is InChI=1S/C13H16ClNO3/c1-3-9(8-12(16)18-2)15-13(17)10-6-4-5-7-11(10)14/h4-7,9H,3,8H2,1-2H3,(H,15,17). The highest BCUT2D eigenvalue weighted by Crippen LogP contribution is 2.15. The summed E-state index contributed by atoms with van der Waals surface area (Å²) in [5.74, 6) is -0.627. The van der Waals surface area contributed by atoms with Gasteiger partial charge in [-0.25, -0.2) is 0 Å². The molecule has 0 aromatic heterocycles. The SMILES string of the molecule is CCC(CC(=O)OC)NC(=O)c1ccccc1Cl. The molecule has 0 spiro atoms. The highest BCUT2D eigenvalue weighted by molar-refractivity contribution is 6.33. The maximum Gasteiger partial charge on any atom is 0.307 e. The highest BCUT2D eigenvalue weighted by atomic mass is 35.5. The number of nitrogens with one attached hydrogen (secondary N) is 1. The maximum atomic E-state index is 12.0. The molecule has 1 aromatic rings. The average molecular weight is 270 g/mol. The van der Waals surface area contributed by atoms with Crippen LogP contribution in [0.5, 0.6) is 0 Å². The van der Waals surface area contributed by atoms with Crippen LogP contribution in [0, 0.1) is 0 Å². The van der Waals surface area contributed by atoms with E-state index < -0.39 is 0 Å². The number of amides is 1. The van der Waals surface area contributed by atoms with E-state index >= 15 is 0 Å². The predicted molar refractivity (Wildman–Crippen MR) is 69.6 cm³/mol. The van der Waals surface area contributed by atoms with Crippen LogP contribution in [-0.2, 0) is 9.53 Å². The van der Waals surface area contributed by atoms with Crippen LogP contribution in [-0.4, -0.2) is 25.0 Å². The first-order valence-corrected chi connectivity index (χ1v) is 6.08. The lowest BCUT2D eigenvalue weighted by molar-refractivity contribution is -0.141. The summed E-state index contributed by atoms with van der Waals surface area (Å²) in [4.78, 5) is 23.1. The van der Waals surface area contributed by atoms with Crippen molar-refractivity contribution >= 4 is 23.5 Å². The number of ether oxygens (including phenoxy) is 1. The van der Waals surface area contributed by atoms with Gasteiger partial charge in [0.1, 0.15) is 0 Å². The number of rotatable bonds is 5. The van der Waals surface area contributed by atoms with Gasteiger partial charge in [-0.3, -0.25) is 9.59 Å². The van der Waals surface area contributed by atoms with Gasteiger partial charge < -0.3 is 10.1 Å². The fourth-order valence-electron chi connectivity index (χ4n) is 1.49. The molecular weight excluding hydrogens is 254 g/mol. The zero-order valence-corrected chi connectivity index (χ0v) is 11.2. The molecule has 0 saturated heterocycles. The number of hydrogen-bond donors (Lipinski definition) is 1. The molecule has 0 aliphatic rings. The minimum absolute atomic E-state index is 0.156. The third-order valence-electron chi connectivity index (χ3n) is 2.59. The molecule has 1 rings (SSSR count). The maximum absolute atomic E-state index is 12.0. The summed E-state index contributed by atoms with van der Waals surface area (Å²) in [6, 6.07) is 6.54. The first-order valence-electron chi connectivity index (χ1n) is 5.70. The van der Waals surface area contributed by atoms with E-state index in [0.717, 1.165) is 0 Å². The van der Waals surface area contributed by atoms with E-state index in [1.165, 1.54) is 7.11 Å². The van der Waals surface area contributed by atoms with Crippen LogP contribution in [0.3, 0.4) is 0 Å². The minimum Gasteiger partial charge on any atom is -0.469 e. The van der Waals surface area contributed by atoms with Crippen LogP contribution >= 0.6 is 11.6 Å². The molecule has 1 atom stereocenters. The van der Waals surface area contributed by atoms with Gasteiger partial charge in [-0.1, -0.05) is 30.7 Å². The van der Waals surface area contributed by atoms with E-state index in [-0.39, 0.29) is 24.3 Å². The van der Waals surface area contributed by atoms with Crippen LogP contribution in [0.4, 0.5) is 0 Å². The summed E-state index contributed by atoms with van der Waals surface area (Å²) in [6.07, 6.45) is 0.800. The molecular formula is C13H16ClNO3. The minimum atomic E-state index is -0.346. The summed E-state index contributed by atoms with van der Waals surface area (Å²) in [5, 5.41) is 3.16. The van der Waals surface area contributed by atoms with Crippen LogP contribution in [0.15, 0.2) is 24.3 Å². The second-order valence-electron chi connectivity index (χ2n) is 3.84. The molecule has 98 valence electrons. The molecule has 1 N–H and O–H groups in total. The monoisotopic (exact) mass is 269 g/mol. The Morgan fingerprint density at radius 2 is 2.06 bits per heavy atom. The number of carbonyl (C=O) groups excluding carboxylic acids is 2. The van der Waals surface area contributed by atoms with E-state index in [0.29, 0.717) is 17.0 Å². The number of carbonyl (C=O) groups is 2. The molecule has 0 saturated carbocycles. The third-order valence-corrected chi connectivity index (χ3v) is 2.92. The second-order valence-corrected chi connectivity index (χ2v) is 4.25. The Kier molecular flexibility index (Phi) is 5.65. The van der Waals surface area contributed by atoms with Gasteiger partial charge in [0.2, 0.25) is 0 Å². The lowest BCUT2D eigenvalue weighted by atomic mass is 10.1. The first-order chi connectivity index (χ1) is 8.58. The molecule has 4 nitrogen and oxygen atoms in total. The number of methoxy groups -OCH3 is 1. The topological polar surface area (TPSA) is 55.4 Å². The normalized spacial score (nSPS) is 11.7. The van der Waals surface area contributed by atoms with Crippen molar-refractivity contribution in [1.29, 1.82) is 0 Å². The van der Waals surface area contributed by atoms with Crippen LogP contribution < -0.4 is 5.32 Å². The Balaban J connectivity index is 2.68. The summed E-state index contributed by atoms with van der Waals surface area (Å²) in [5.41, 5.74) is 0.405. The Labute approximate surface area is 111 Å². The smallest absolute Gasteiger partial charge is 0.307 e. The van der Waals surface area contributed by atoms with Crippen molar-refractivity contribution in [1.82, 2.24) is 5.32 Å². The van der Waals surface area contributed by atoms with Crippen LogP contribution in [0.2, 0.25) is 5.02 Å². The van der Waals surface area contributed by atoms with Crippen molar-refractivity contribution < 1.29 is 14.3 Å². The molecule has 0 radical (unpaired) electrons. The number of esters is 1. The molecule has 0 aliphatic heterocycles. The van der Waals surface area contributed by atoms with Gasteiger partial charge in [-0.05, 0) is 18.6 Å². The van der Waals surface area contributed by atoms with Gasteiger partial charge in [0, 0.05) is 6.04 Å². The van der Waals surface area contributed by atoms with Crippen LogP contribution in [0.1, 0.15) is 30.1 Å². The summed E-state index contributed by atoms with van der Waals surface area (Å²) < 4.78 is 4.58.